The molecule has 7 heteroatoms. The first kappa shape index (κ1) is 13.1. The van der Waals surface area contributed by atoms with Crippen LogP contribution in [-0.4, -0.2) is 20.7 Å². The molecule has 0 spiro atoms. The van der Waals surface area contributed by atoms with Gasteiger partial charge in [0, 0.05) is 18.5 Å². The van der Waals surface area contributed by atoms with Crippen molar-refractivity contribution in [2.75, 3.05) is 0 Å². The second-order valence-corrected chi connectivity index (χ2v) is 4.16. The number of halogens is 2. The summed E-state index contributed by atoms with van der Waals surface area (Å²) in [6, 6.07) is 3.62. The SMILES string of the molecule is CC(c1c(F)cccc1F)c1nnc(C(N)=O)n1C. The van der Waals surface area contributed by atoms with Gasteiger partial charge < -0.3 is 10.3 Å². The molecule has 2 aromatic rings. The predicted octanol–water partition coefficient (Wildman–Crippen LogP) is 1.34. The summed E-state index contributed by atoms with van der Waals surface area (Å²) in [5, 5.41) is 7.39. The summed E-state index contributed by atoms with van der Waals surface area (Å²) < 4.78 is 28.7. The smallest absolute Gasteiger partial charge is 0.286 e. The number of hydrogen-bond donors (Lipinski definition) is 1. The van der Waals surface area contributed by atoms with Gasteiger partial charge in [0.1, 0.15) is 17.5 Å². The van der Waals surface area contributed by atoms with Gasteiger partial charge in [-0.25, -0.2) is 8.78 Å². The van der Waals surface area contributed by atoms with Gasteiger partial charge in [0.15, 0.2) is 0 Å². The molecule has 100 valence electrons. The Bertz CT molecular complexity index is 618. The Morgan fingerprint density at radius 2 is 1.89 bits per heavy atom. The molecule has 0 aliphatic heterocycles. The van der Waals surface area contributed by atoms with E-state index in [0.717, 1.165) is 0 Å². The summed E-state index contributed by atoms with van der Waals surface area (Å²) in [6.07, 6.45) is 0. The molecule has 0 aliphatic carbocycles. The van der Waals surface area contributed by atoms with E-state index in [-0.39, 0.29) is 17.2 Å². The van der Waals surface area contributed by atoms with E-state index in [1.165, 1.54) is 29.8 Å². The van der Waals surface area contributed by atoms with Crippen LogP contribution in [-0.2, 0) is 7.05 Å². The number of primary amides is 1. The summed E-state index contributed by atoms with van der Waals surface area (Å²) in [5.41, 5.74) is 5.00. The maximum atomic E-state index is 13.7. The van der Waals surface area contributed by atoms with Crippen molar-refractivity contribution in [3.63, 3.8) is 0 Å². The molecular weight excluding hydrogens is 254 g/mol. The topological polar surface area (TPSA) is 73.8 Å². The Morgan fingerprint density at radius 1 is 1.32 bits per heavy atom. The van der Waals surface area contributed by atoms with Crippen LogP contribution >= 0.6 is 0 Å². The quantitative estimate of drug-likeness (QED) is 0.911. The van der Waals surface area contributed by atoms with Gasteiger partial charge >= 0.3 is 0 Å². The maximum Gasteiger partial charge on any atom is 0.286 e. The van der Waals surface area contributed by atoms with Gasteiger partial charge in [0.25, 0.3) is 5.91 Å². The summed E-state index contributed by atoms with van der Waals surface area (Å²) in [7, 11) is 1.52. The van der Waals surface area contributed by atoms with Crippen molar-refractivity contribution in [3.05, 3.63) is 47.0 Å². The molecule has 1 aromatic carbocycles. The Labute approximate surface area is 108 Å². The summed E-state index contributed by atoms with van der Waals surface area (Å²) in [5.74, 6) is -2.57. The number of hydrogen-bond acceptors (Lipinski definition) is 3. The lowest BCUT2D eigenvalue weighted by Crippen LogP contribution is -2.18. The number of nitrogens with zero attached hydrogens (tertiary/aromatic N) is 3. The monoisotopic (exact) mass is 266 g/mol. The second-order valence-electron chi connectivity index (χ2n) is 4.16. The molecule has 2 N–H and O–H groups in total. The van der Waals surface area contributed by atoms with E-state index in [4.69, 9.17) is 5.73 Å². The van der Waals surface area contributed by atoms with Crippen molar-refractivity contribution >= 4 is 5.91 Å². The molecule has 0 radical (unpaired) electrons. The second kappa shape index (κ2) is 4.75. The standard InChI is InChI=1S/C12H12F2N4O/c1-6(9-7(13)4-3-5-8(9)14)11-16-17-12(10(15)19)18(11)2/h3-6H,1-2H3,(H2,15,19). The van der Waals surface area contributed by atoms with Crippen molar-refractivity contribution in [1.82, 2.24) is 14.8 Å². The zero-order valence-corrected chi connectivity index (χ0v) is 10.4. The number of nitrogens with two attached hydrogens (primary N) is 1. The van der Waals surface area contributed by atoms with Gasteiger partial charge in [-0.3, -0.25) is 4.79 Å². The first-order valence-electron chi connectivity index (χ1n) is 5.56. The van der Waals surface area contributed by atoms with Crippen molar-refractivity contribution in [2.24, 2.45) is 12.8 Å². The van der Waals surface area contributed by atoms with Gasteiger partial charge in [-0.2, -0.15) is 0 Å². The lowest BCUT2D eigenvalue weighted by atomic mass is 9.99. The fourth-order valence-corrected chi connectivity index (χ4v) is 1.99. The Kier molecular flexibility index (Phi) is 3.28. The van der Waals surface area contributed by atoms with Crippen LogP contribution in [0, 0.1) is 11.6 Å². The number of amides is 1. The van der Waals surface area contributed by atoms with Crippen LogP contribution in [0.1, 0.15) is 34.8 Å². The van der Waals surface area contributed by atoms with Crippen molar-refractivity contribution in [1.29, 1.82) is 0 Å². The van der Waals surface area contributed by atoms with Gasteiger partial charge in [0.05, 0.1) is 0 Å². The van der Waals surface area contributed by atoms with Crippen LogP contribution in [0.3, 0.4) is 0 Å². The molecule has 0 aliphatic rings. The van der Waals surface area contributed by atoms with Crippen LogP contribution in [0.4, 0.5) is 8.78 Å². The Hall–Kier alpha value is -2.31. The highest BCUT2D eigenvalue weighted by molar-refractivity contribution is 5.89. The molecule has 0 saturated carbocycles. The fraction of sp³-hybridized carbons (Fsp3) is 0.250. The van der Waals surface area contributed by atoms with Crippen molar-refractivity contribution in [3.8, 4) is 0 Å². The molecule has 1 aromatic heterocycles. The van der Waals surface area contributed by atoms with Crippen LogP contribution < -0.4 is 5.73 Å². The zero-order chi connectivity index (χ0) is 14.2. The first-order valence-corrected chi connectivity index (χ1v) is 5.56. The third kappa shape index (κ3) is 2.18. The molecule has 2 rings (SSSR count). The molecule has 0 fully saturated rings. The number of rotatable bonds is 3. The Balaban J connectivity index is 2.51. The molecule has 0 bridgehead atoms. The lowest BCUT2D eigenvalue weighted by molar-refractivity contribution is 0.0987. The van der Waals surface area contributed by atoms with Gasteiger partial charge in [-0.15, -0.1) is 10.2 Å². The minimum absolute atomic E-state index is 0.0569. The average molecular weight is 266 g/mol. The number of carbonyl (C=O) groups is 1. The average Bonchev–Trinajstić information content (AvgIpc) is 2.70. The van der Waals surface area contributed by atoms with Crippen LogP contribution in [0.25, 0.3) is 0 Å². The molecule has 1 unspecified atom stereocenters. The van der Waals surface area contributed by atoms with Crippen molar-refractivity contribution < 1.29 is 13.6 Å². The van der Waals surface area contributed by atoms with Crippen molar-refractivity contribution in [2.45, 2.75) is 12.8 Å². The summed E-state index contributed by atoms with van der Waals surface area (Å²) in [6.45, 7) is 1.58. The lowest BCUT2D eigenvalue weighted by Gasteiger charge is -2.13. The van der Waals surface area contributed by atoms with Gasteiger partial charge in [0.2, 0.25) is 5.82 Å². The van der Waals surface area contributed by atoms with Crippen LogP contribution in [0.5, 0.6) is 0 Å². The van der Waals surface area contributed by atoms with E-state index in [1.807, 2.05) is 0 Å². The van der Waals surface area contributed by atoms with E-state index >= 15 is 0 Å². The van der Waals surface area contributed by atoms with E-state index in [0.29, 0.717) is 0 Å². The minimum Gasteiger partial charge on any atom is -0.363 e. The summed E-state index contributed by atoms with van der Waals surface area (Å²) in [4.78, 5) is 11.1. The summed E-state index contributed by atoms with van der Waals surface area (Å²) >= 11 is 0. The largest absolute Gasteiger partial charge is 0.363 e. The fourth-order valence-electron chi connectivity index (χ4n) is 1.99. The highest BCUT2D eigenvalue weighted by Gasteiger charge is 2.24. The normalized spacial score (nSPS) is 12.4. The number of aromatic nitrogens is 3. The third-order valence-electron chi connectivity index (χ3n) is 2.95. The van der Waals surface area contributed by atoms with E-state index in [9.17, 15) is 13.6 Å². The van der Waals surface area contributed by atoms with Gasteiger partial charge in [-0.1, -0.05) is 13.0 Å². The highest BCUT2D eigenvalue weighted by atomic mass is 19.1. The third-order valence-corrected chi connectivity index (χ3v) is 2.95. The highest BCUT2D eigenvalue weighted by Crippen LogP contribution is 2.27. The predicted molar refractivity (Wildman–Crippen MR) is 63.4 cm³/mol. The molecule has 1 heterocycles. The van der Waals surface area contributed by atoms with E-state index < -0.39 is 23.5 Å². The maximum absolute atomic E-state index is 13.7. The number of benzene rings is 1. The Morgan fingerprint density at radius 3 is 2.37 bits per heavy atom. The molecular formula is C12H12F2N4O. The zero-order valence-electron chi connectivity index (χ0n) is 10.4. The molecule has 1 atom stereocenters. The van der Waals surface area contributed by atoms with E-state index in [2.05, 4.69) is 10.2 Å². The van der Waals surface area contributed by atoms with E-state index in [1.54, 1.807) is 6.92 Å². The molecule has 1 amide bonds. The minimum atomic E-state index is -0.748. The molecule has 0 saturated heterocycles. The number of carbonyl (C=O) groups excluding carboxylic acids is 1. The van der Waals surface area contributed by atoms with Gasteiger partial charge in [-0.05, 0) is 12.1 Å². The molecule has 5 nitrogen and oxygen atoms in total. The van der Waals surface area contributed by atoms with Crippen LogP contribution in [0.2, 0.25) is 0 Å². The molecule has 19 heavy (non-hydrogen) atoms. The first-order chi connectivity index (χ1) is 8.93. The van der Waals surface area contributed by atoms with Crippen LogP contribution in [0.15, 0.2) is 18.2 Å².